The van der Waals surface area contributed by atoms with Gasteiger partial charge in [-0.25, -0.2) is 0 Å². The Morgan fingerprint density at radius 2 is 2.00 bits per heavy atom. The van der Waals surface area contributed by atoms with E-state index in [9.17, 15) is 0 Å². The van der Waals surface area contributed by atoms with Gasteiger partial charge in [-0.3, -0.25) is 0 Å². The van der Waals surface area contributed by atoms with Gasteiger partial charge in [0.05, 0.1) is 0 Å². The summed E-state index contributed by atoms with van der Waals surface area (Å²) in [6, 6.07) is 9.38. The van der Waals surface area contributed by atoms with Crippen molar-refractivity contribution in [3.8, 4) is 0 Å². The van der Waals surface area contributed by atoms with Gasteiger partial charge in [-0.1, -0.05) is 31.0 Å². The van der Waals surface area contributed by atoms with Crippen LogP contribution in [0.5, 0.6) is 0 Å². The summed E-state index contributed by atoms with van der Waals surface area (Å²) >= 11 is 1.99. The molecule has 104 valence electrons. The van der Waals surface area contributed by atoms with Crippen molar-refractivity contribution < 1.29 is 0 Å². The topological polar surface area (TPSA) is 15.3 Å². The number of benzene rings is 1. The molecule has 0 aromatic heterocycles. The molecule has 1 saturated carbocycles. The zero-order valence-electron chi connectivity index (χ0n) is 12.0. The van der Waals surface area contributed by atoms with Crippen LogP contribution in [0.25, 0.3) is 0 Å². The summed E-state index contributed by atoms with van der Waals surface area (Å²) in [5.74, 6) is 1.18. The van der Waals surface area contributed by atoms with E-state index in [-0.39, 0.29) is 0 Å². The molecule has 0 bridgehead atoms. The van der Waals surface area contributed by atoms with Gasteiger partial charge in [0.1, 0.15) is 0 Å². The van der Waals surface area contributed by atoms with Crippen LogP contribution in [0, 0.1) is 0 Å². The summed E-state index contributed by atoms with van der Waals surface area (Å²) in [7, 11) is 4.48. The van der Waals surface area contributed by atoms with Crippen LogP contribution in [0.1, 0.15) is 37.3 Å². The molecular formula is C16H24N2S. The van der Waals surface area contributed by atoms with E-state index in [1.165, 1.54) is 41.9 Å². The lowest BCUT2D eigenvalue weighted by Gasteiger charge is -2.37. The van der Waals surface area contributed by atoms with Gasteiger partial charge in [-0.05, 0) is 38.6 Å². The van der Waals surface area contributed by atoms with Crippen LogP contribution < -0.4 is 5.32 Å². The molecule has 0 amide bonds. The molecule has 1 aromatic carbocycles. The van der Waals surface area contributed by atoms with Crippen LogP contribution in [0.4, 0.5) is 0 Å². The van der Waals surface area contributed by atoms with Crippen LogP contribution in [-0.2, 0) is 0 Å². The molecule has 0 saturated heterocycles. The molecule has 0 radical (unpaired) electrons. The third-order valence-corrected chi connectivity index (χ3v) is 6.04. The first-order valence-electron chi connectivity index (χ1n) is 7.34. The number of hydrogen-bond donors (Lipinski definition) is 1. The molecular weight excluding hydrogens is 252 g/mol. The van der Waals surface area contributed by atoms with Gasteiger partial charge in [0.2, 0.25) is 0 Å². The molecule has 19 heavy (non-hydrogen) atoms. The zero-order chi connectivity index (χ0) is 13.3. The van der Waals surface area contributed by atoms with E-state index in [4.69, 9.17) is 0 Å². The normalized spacial score (nSPS) is 24.9. The Morgan fingerprint density at radius 3 is 2.74 bits per heavy atom. The number of rotatable bonds is 4. The third-order valence-electron chi connectivity index (χ3n) is 4.86. The summed E-state index contributed by atoms with van der Waals surface area (Å²) < 4.78 is 0. The van der Waals surface area contributed by atoms with Gasteiger partial charge in [0, 0.05) is 28.8 Å². The van der Waals surface area contributed by atoms with E-state index in [1.807, 2.05) is 11.8 Å². The Kier molecular flexibility index (Phi) is 3.88. The number of fused-ring (bicyclic) bond motifs is 1. The molecule has 3 rings (SSSR count). The molecule has 1 unspecified atom stereocenters. The van der Waals surface area contributed by atoms with Crippen molar-refractivity contribution >= 4 is 11.8 Å². The fourth-order valence-corrected chi connectivity index (χ4v) is 4.66. The Hall–Kier alpha value is -0.510. The maximum Gasteiger partial charge on any atom is 0.0427 e. The van der Waals surface area contributed by atoms with Gasteiger partial charge in [-0.2, -0.15) is 0 Å². The molecule has 0 spiro atoms. The minimum Gasteiger partial charge on any atom is -0.307 e. The summed E-state index contributed by atoms with van der Waals surface area (Å²) in [5.41, 5.74) is 1.89. The molecule has 1 fully saturated rings. The SMILES string of the molecule is CN(C)C1(CNC2CSc3ccccc32)CCCC1. The summed E-state index contributed by atoms with van der Waals surface area (Å²) in [4.78, 5) is 3.91. The number of hydrogen-bond acceptors (Lipinski definition) is 3. The van der Waals surface area contributed by atoms with Gasteiger partial charge < -0.3 is 10.2 Å². The third kappa shape index (κ3) is 2.56. The number of nitrogens with one attached hydrogen (secondary N) is 1. The highest BCUT2D eigenvalue weighted by Gasteiger charge is 2.36. The van der Waals surface area contributed by atoms with Crippen molar-refractivity contribution in [2.24, 2.45) is 0 Å². The minimum absolute atomic E-state index is 0.391. The molecule has 1 aliphatic heterocycles. The standard InChI is InChI=1S/C16H24N2S/c1-18(2)16(9-5-6-10-16)12-17-14-11-19-15-8-4-3-7-13(14)15/h3-4,7-8,14,17H,5-6,9-12H2,1-2H3. The van der Waals surface area contributed by atoms with Crippen molar-refractivity contribution in [2.45, 2.75) is 42.2 Å². The lowest BCUT2D eigenvalue weighted by atomic mass is 9.95. The predicted molar refractivity (Wildman–Crippen MR) is 82.8 cm³/mol. The highest BCUT2D eigenvalue weighted by molar-refractivity contribution is 7.99. The lowest BCUT2D eigenvalue weighted by Crippen LogP contribution is -2.50. The fourth-order valence-electron chi connectivity index (χ4n) is 3.46. The molecule has 2 aliphatic rings. The number of likely N-dealkylation sites (N-methyl/N-ethyl adjacent to an activating group) is 1. The first-order valence-corrected chi connectivity index (χ1v) is 8.32. The first-order chi connectivity index (χ1) is 9.21. The second-order valence-corrected chi connectivity index (χ2v) is 7.17. The smallest absolute Gasteiger partial charge is 0.0427 e. The van der Waals surface area contributed by atoms with Gasteiger partial charge in [0.25, 0.3) is 0 Å². The fraction of sp³-hybridized carbons (Fsp3) is 0.625. The number of nitrogens with zero attached hydrogens (tertiary/aromatic N) is 1. The second-order valence-electron chi connectivity index (χ2n) is 6.11. The van der Waals surface area contributed by atoms with Crippen molar-refractivity contribution in [3.63, 3.8) is 0 Å². The van der Waals surface area contributed by atoms with E-state index in [1.54, 1.807) is 0 Å². The summed E-state index contributed by atoms with van der Waals surface area (Å²) in [6.07, 6.45) is 5.45. The van der Waals surface area contributed by atoms with E-state index in [2.05, 4.69) is 48.6 Å². The van der Waals surface area contributed by atoms with Gasteiger partial charge >= 0.3 is 0 Å². The largest absolute Gasteiger partial charge is 0.307 e. The van der Waals surface area contributed by atoms with Crippen molar-refractivity contribution in [1.82, 2.24) is 10.2 Å². The Bertz CT molecular complexity index is 438. The Balaban J connectivity index is 1.67. The Labute approximate surface area is 121 Å². The maximum atomic E-state index is 3.84. The highest BCUT2D eigenvalue weighted by Crippen LogP contribution is 2.39. The number of thioether (sulfide) groups is 1. The predicted octanol–water partition coefficient (Wildman–Crippen LogP) is 3.30. The molecule has 1 atom stereocenters. The monoisotopic (exact) mass is 276 g/mol. The van der Waals surface area contributed by atoms with Crippen LogP contribution >= 0.6 is 11.8 Å². The molecule has 1 N–H and O–H groups in total. The van der Waals surface area contributed by atoms with Crippen molar-refractivity contribution in [3.05, 3.63) is 29.8 Å². The van der Waals surface area contributed by atoms with Gasteiger partial charge in [-0.15, -0.1) is 11.8 Å². The molecule has 1 heterocycles. The molecule has 3 heteroatoms. The maximum absolute atomic E-state index is 3.84. The molecule has 1 aliphatic carbocycles. The van der Waals surface area contributed by atoms with Gasteiger partial charge in [0.15, 0.2) is 0 Å². The van der Waals surface area contributed by atoms with Crippen LogP contribution in [0.15, 0.2) is 29.2 Å². The average molecular weight is 276 g/mol. The summed E-state index contributed by atoms with van der Waals surface area (Å²) in [6.45, 7) is 1.12. The van der Waals surface area contributed by atoms with Crippen LogP contribution in [0.2, 0.25) is 0 Å². The van der Waals surface area contributed by atoms with Crippen molar-refractivity contribution in [2.75, 3.05) is 26.4 Å². The van der Waals surface area contributed by atoms with E-state index < -0.39 is 0 Å². The Morgan fingerprint density at radius 1 is 1.26 bits per heavy atom. The first kappa shape index (κ1) is 13.5. The van der Waals surface area contributed by atoms with E-state index in [0.717, 1.165) is 6.54 Å². The second kappa shape index (κ2) is 5.47. The van der Waals surface area contributed by atoms with E-state index >= 15 is 0 Å². The zero-order valence-corrected chi connectivity index (χ0v) is 12.8. The summed E-state index contributed by atoms with van der Waals surface area (Å²) in [5, 5.41) is 3.84. The van der Waals surface area contributed by atoms with Crippen LogP contribution in [0.3, 0.4) is 0 Å². The highest BCUT2D eigenvalue weighted by atomic mass is 32.2. The quantitative estimate of drug-likeness (QED) is 0.908. The molecule has 2 nitrogen and oxygen atoms in total. The molecule has 1 aromatic rings. The van der Waals surface area contributed by atoms with E-state index in [0.29, 0.717) is 11.6 Å². The van der Waals surface area contributed by atoms with Crippen molar-refractivity contribution in [1.29, 1.82) is 0 Å². The average Bonchev–Trinajstić information content (AvgIpc) is 3.04. The lowest BCUT2D eigenvalue weighted by molar-refractivity contribution is 0.150. The minimum atomic E-state index is 0.391. The van der Waals surface area contributed by atoms with Crippen LogP contribution in [-0.4, -0.2) is 36.8 Å².